The fourth-order valence-corrected chi connectivity index (χ4v) is 4.82. The summed E-state index contributed by atoms with van der Waals surface area (Å²) in [6.45, 7) is 5.28. The lowest BCUT2D eigenvalue weighted by molar-refractivity contribution is -0.141. The number of fused-ring (bicyclic) bond motifs is 1. The largest absolute Gasteiger partial charge is 0.454 e. The number of rotatable bonds is 5. The maximum atomic E-state index is 13.3. The number of hydrogen-bond acceptors (Lipinski definition) is 4. The zero-order valence-electron chi connectivity index (χ0n) is 16.1. The molecular formula is C21H28N2O4. The molecule has 1 saturated carbocycles. The van der Waals surface area contributed by atoms with Gasteiger partial charge in [-0.3, -0.25) is 9.59 Å². The lowest BCUT2D eigenvalue weighted by Gasteiger charge is -2.37. The second kappa shape index (κ2) is 7.06. The van der Waals surface area contributed by atoms with E-state index in [1.54, 1.807) is 12.1 Å². The molecule has 1 atom stereocenters. The van der Waals surface area contributed by atoms with Gasteiger partial charge in [0, 0.05) is 24.7 Å². The van der Waals surface area contributed by atoms with E-state index in [-0.39, 0.29) is 18.6 Å². The molecule has 4 rings (SSSR count). The highest BCUT2D eigenvalue weighted by Crippen LogP contribution is 2.41. The van der Waals surface area contributed by atoms with Gasteiger partial charge < -0.3 is 19.7 Å². The number of anilines is 1. The molecule has 3 aliphatic rings. The van der Waals surface area contributed by atoms with Crippen molar-refractivity contribution in [1.82, 2.24) is 4.90 Å². The maximum absolute atomic E-state index is 13.3. The third-order valence-electron chi connectivity index (χ3n) is 6.01. The molecule has 1 saturated heterocycles. The molecule has 0 aromatic heterocycles. The first-order valence-electron chi connectivity index (χ1n) is 9.99. The molecule has 1 aromatic rings. The van der Waals surface area contributed by atoms with Crippen LogP contribution in [0.4, 0.5) is 5.69 Å². The van der Waals surface area contributed by atoms with E-state index in [1.807, 2.05) is 11.0 Å². The van der Waals surface area contributed by atoms with Gasteiger partial charge in [0.15, 0.2) is 11.5 Å². The monoisotopic (exact) mass is 372 g/mol. The van der Waals surface area contributed by atoms with Gasteiger partial charge in [-0.05, 0) is 43.2 Å². The summed E-state index contributed by atoms with van der Waals surface area (Å²) in [4.78, 5) is 28.0. The minimum Gasteiger partial charge on any atom is -0.454 e. The lowest BCUT2D eigenvalue weighted by Crippen LogP contribution is -2.55. The number of ether oxygens (including phenoxy) is 2. The van der Waals surface area contributed by atoms with Crippen molar-refractivity contribution >= 4 is 17.5 Å². The summed E-state index contributed by atoms with van der Waals surface area (Å²) >= 11 is 0. The topological polar surface area (TPSA) is 67.9 Å². The minimum absolute atomic E-state index is 0.0718. The molecule has 1 N–H and O–H groups in total. The third kappa shape index (κ3) is 3.37. The predicted octanol–water partition coefficient (Wildman–Crippen LogP) is 3.56. The highest BCUT2D eigenvalue weighted by Gasteiger charge is 2.51. The van der Waals surface area contributed by atoms with Crippen LogP contribution >= 0.6 is 0 Å². The van der Waals surface area contributed by atoms with Crippen molar-refractivity contribution in [2.45, 2.75) is 57.9 Å². The Bertz CT molecular complexity index is 740. The molecule has 2 heterocycles. The quantitative estimate of drug-likeness (QED) is 0.858. The van der Waals surface area contributed by atoms with E-state index in [2.05, 4.69) is 19.2 Å². The van der Waals surface area contributed by atoms with E-state index < -0.39 is 5.54 Å². The van der Waals surface area contributed by atoms with E-state index in [9.17, 15) is 9.59 Å². The third-order valence-corrected chi connectivity index (χ3v) is 6.01. The molecule has 27 heavy (non-hydrogen) atoms. The molecule has 1 aliphatic carbocycles. The molecule has 2 aliphatic heterocycles. The van der Waals surface area contributed by atoms with Gasteiger partial charge in [0.2, 0.25) is 18.6 Å². The average Bonchev–Trinajstić information content (AvgIpc) is 3.33. The van der Waals surface area contributed by atoms with Crippen LogP contribution in [-0.4, -0.2) is 35.6 Å². The van der Waals surface area contributed by atoms with Crippen molar-refractivity contribution in [3.8, 4) is 11.5 Å². The van der Waals surface area contributed by atoms with Crippen molar-refractivity contribution in [3.05, 3.63) is 18.2 Å². The SMILES string of the molecule is CC(C)C[C@@H]1CC(=O)N(C2(C(=O)Nc3ccc4c(c3)OCO4)CCCC2)C1. The molecule has 0 radical (unpaired) electrons. The Morgan fingerprint density at radius 1 is 1.26 bits per heavy atom. The average molecular weight is 372 g/mol. The fraction of sp³-hybridized carbons (Fsp3) is 0.619. The van der Waals surface area contributed by atoms with E-state index in [0.29, 0.717) is 42.0 Å². The van der Waals surface area contributed by atoms with Crippen LogP contribution in [0.3, 0.4) is 0 Å². The van der Waals surface area contributed by atoms with Crippen molar-refractivity contribution in [1.29, 1.82) is 0 Å². The molecule has 2 amide bonds. The van der Waals surface area contributed by atoms with E-state index >= 15 is 0 Å². The number of nitrogens with one attached hydrogen (secondary N) is 1. The summed E-state index contributed by atoms with van der Waals surface area (Å²) < 4.78 is 10.7. The van der Waals surface area contributed by atoms with Crippen molar-refractivity contribution in [3.63, 3.8) is 0 Å². The summed E-state index contributed by atoms with van der Waals surface area (Å²) in [5.74, 6) is 2.30. The molecule has 6 heteroatoms. The Balaban J connectivity index is 1.53. The number of benzene rings is 1. The zero-order valence-corrected chi connectivity index (χ0v) is 16.1. The second-order valence-electron chi connectivity index (χ2n) is 8.46. The maximum Gasteiger partial charge on any atom is 0.250 e. The van der Waals surface area contributed by atoms with Crippen molar-refractivity contribution in [2.75, 3.05) is 18.7 Å². The Kier molecular flexibility index (Phi) is 4.74. The highest BCUT2D eigenvalue weighted by molar-refractivity contribution is 6.01. The number of amides is 2. The van der Waals surface area contributed by atoms with Gasteiger partial charge in [0.1, 0.15) is 5.54 Å². The first kappa shape index (κ1) is 18.1. The molecule has 2 fully saturated rings. The van der Waals surface area contributed by atoms with Crippen LogP contribution in [0.5, 0.6) is 11.5 Å². The smallest absolute Gasteiger partial charge is 0.250 e. The van der Waals surface area contributed by atoms with E-state index in [1.165, 1.54) is 0 Å². The van der Waals surface area contributed by atoms with Gasteiger partial charge in [0.25, 0.3) is 0 Å². The Morgan fingerprint density at radius 3 is 2.74 bits per heavy atom. The number of likely N-dealkylation sites (tertiary alicyclic amines) is 1. The number of hydrogen-bond donors (Lipinski definition) is 1. The van der Waals surface area contributed by atoms with Crippen molar-refractivity contribution in [2.24, 2.45) is 11.8 Å². The number of nitrogens with zero attached hydrogens (tertiary/aromatic N) is 1. The van der Waals surface area contributed by atoms with Gasteiger partial charge >= 0.3 is 0 Å². The van der Waals surface area contributed by atoms with Crippen LogP contribution < -0.4 is 14.8 Å². The van der Waals surface area contributed by atoms with E-state index in [0.717, 1.165) is 32.1 Å². The summed E-state index contributed by atoms with van der Waals surface area (Å²) in [6.07, 6.45) is 5.03. The second-order valence-corrected chi connectivity index (χ2v) is 8.46. The summed E-state index contributed by atoms with van der Waals surface area (Å²) in [5.41, 5.74) is -0.0278. The Morgan fingerprint density at radius 2 is 2.00 bits per heavy atom. The van der Waals surface area contributed by atoms with Crippen LogP contribution in [0.2, 0.25) is 0 Å². The standard InChI is InChI=1S/C21H28N2O4/c1-14(2)9-15-10-19(24)23(12-15)21(7-3-4-8-21)20(25)22-16-5-6-17-18(11-16)27-13-26-17/h5-6,11,14-15H,3-4,7-10,12-13H2,1-2H3,(H,22,25)/t15-/m1/s1. The summed E-state index contributed by atoms with van der Waals surface area (Å²) in [6, 6.07) is 5.41. The first-order valence-corrected chi connectivity index (χ1v) is 9.99. The Labute approximate surface area is 160 Å². The van der Waals surface area contributed by atoms with Gasteiger partial charge in [-0.1, -0.05) is 26.7 Å². The fourth-order valence-electron chi connectivity index (χ4n) is 4.82. The normalized spacial score (nSPS) is 23.3. The Hall–Kier alpha value is -2.24. The van der Waals surface area contributed by atoms with Crippen LogP contribution in [0.25, 0.3) is 0 Å². The molecule has 146 valence electrons. The first-order chi connectivity index (χ1) is 13.0. The minimum atomic E-state index is -0.709. The molecular weight excluding hydrogens is 344 g/mol. The van der Waals surface area contributed by atoms with Gasteiger partial charge in [-0.15, -0.1) is 0 Å². The summed E-state index contributed by atoms with van der Waals surface area (Å²) in [5, 5.41) is 3.04. The molecule has 6 nitrogen and oxygen atoms in total. The molecule has 1 aromatic carbocycles. The molecule has 0 bridgehead atoms. The number of carbonyl (C=O) groups excluding carboxylic acids is 2. The molecule has 0 spiro atoms. The van der Waals surface area contributed by atoms with Crippen LogP contribution in [0, 0.1) is 11.8 Å². The van der Waals surface area contributed by atoms with Gasteiger partial charge in [-0.2, -0.15) is 0 Å². The van der Waals surface area contributed by atoms with Crippen LogP contribution in [0.1, 0.15) is 52.4 Å². The summed E-state index contributed by atoms with van der Waals surface area (Å²) in [7, 11) is 0. The van der Waals surface area contributed by atoms with Crippen molar-refractivity contribution < 1.29 is 19.1 Å². The zero-order chi connectivity index (χ0) is 19.0. The van der Waals surface area contributed by atoms with Crippen LogP contribution in [-0.2, 0) is 9.59 Å². The van der Waals surface area contributed by atoms with E-state index in [4.69, 9.17) is 9.47 Å². The number of carbonyl (C=O) groups is 2. The van der Waals surface area contributed by atoms with Gasteiger partial charge in [-0.25, -0.2) is 0 Å². The lowest BCUT2D eigenvalue weighted by atomic mass is 9.93. The highest BCUT2D eigenvalue weighted by atomic mass is 16.7. The van der Waals surface area contributed by atoms with Gasteiger partial charge in [0.05, 0.1) is 0 Å². The van der Waals surface area contributed by atoms with Crippen LogP contribution in [0.15, 0.2) is 18.2 Å². The predicted molar refractivity (Wildman–Crippen MR) is 102 cm³/mol. The molecule has 0 unspecified atom stereocenters.